The van der Waals surface area contributed by atoms with E-state index in [0.717, 1.165) is 102 Å². The minimum atomic E-state index is -0.223. The van der Waals surface area contributed by atoms with E-state index >= 15 is 0 Å². The highest BCUT2D eigenvalue weighted by atomic mass is 16.6. The Morgan fingerprint density at radius 2 is 0.870 bits per heavy atom. The van der Waals surface area contributed by atoms with Crippen molar-refractivity contribution in [3.63, 3.8) is 0 Å². The molecule has 6 saturated carbocycles. The van der Waals surface area contributed by atoms with Crippen molar-refractivity contribution in [1.82, 2.24) is 10.6 Å². The lowest BCUT2D eigenvalue weighted by atomic mass is 9.64. The Kier molecular flexibility index (Phi) is 11.1. The zero-order valence-electron chi connectivity index (χ0n) is 28.5. The van der Waals surface area contributed by atoms with E-state index in [0.29, 0.717) is 47.7 Å². The van der Waals surface area contributed by atoms with E-state index in [1.807, 2.05) is 26.0 Å². The Bertz CT molecular complexity index is 963. The van der Waals surface area contributed by atoms with E-state index in [2.05, 4.69) is 10.6 Å². The third-order valence-electron chi connectivity index (χ3n) is 13.0. The van der Waals surface area contributed by atoms with E-state index in [1.165, 1.54) is 25.7 Å². The van der Waals surface area contributed by atoms with Gasteiger partial charge in [0, 0.05) is 12.1 Å². The first-order chi connectivity index (χ1) is 22.5. The number of fused-ring (bicyclic) bond motifs is 5. The molecule has 8 nitrogen and oxygen atoms in total. The molecule has 0 atom stereocenters. The average Bonchev–Trinajstić information content (AvgIpc) is 3.96. The minimum Gasteiger partial charge on any atom is -0.501 e. The van der Waals surface area contributed by atoms with Gasteiger partial charge in [-0.25, -0.2) is 9.59 Å². The van der Waals surface area contributed by atoms with Crippen molar-refractivity contribution in [3.8, 4) is 0 Å². The second kappa shape index (κ2) is 15.2. The van der Waals surface area contributed by atoms with Crippen LogP contribution in [0.3, 0.4) is 0 Å². The lowest BCUT2D eigenvalue weighted by Gasteiger charge is -2.43. The lowest BCUT2D eigenvalue weighted by Crippen LogP contribution is -2.44. The normalized spacial score (nSPS) is 40.0. The van der Waals surface area contributed by atoms with Gasteiger partial charge in [0.25, 0.3) is 0 Å². The summed E-state index contributed by atoms with van der Waals surface area (Å²) in [6.07, 6.45) is 25.3. The van der Waals surface area contributed by atoms with Gasteiger partial charge in [-0.1, -0.05) is 12.2 Å². The van der Waals surface area contributed by atoms with Crippen LogP contribution in [-0.2, 0) is 18.9 Å². The van der Waals surface area contributed by atoms with Crippen LogP contribution in [0.25, 0.3) is 0 Å². The molecule has 6 rings (SSSR count). The highest BCUT2D eigenvalue weighted by Crippen LogP contribution is 2.94. The van der Waals surface area contributed by atoms with Gasteiger partial charge in [0.1, 0.15) is 0 Å². The van der Waals surface area contributed by atoms with E-state index in [9.17, 15) is 9.59 Å². The van der Waals surface area contributed by atoms with Crippen LogP contribution in [0.15, 0.2) is 24.7 Å². The predicted octanol–water partition coefficient (Wildman–Crippen LogP) is 8.27. The van der Waals surface area contributed by atoms with Crippen molar-refractivity contribution in [2.75, 3.05) is 26.4 Å². The van der Waals surface area contributed by atoms with Crippen molar-refractivity contribution in [3.05, 3.63) is 24.7 Å². The van der Waals surface area contributed by atoms with Crippen LogP contribution in [0.4, 0.5) is 9.59 Å². The number of ether oxygens (including phenoxy) is 4. The molecule has 0 unspecified atom stereocenters. The molecule has 0 bridgehead atoms. The van der Waals surface area contributed by atoms with Crippen molar-refractivity contribution < 1.29 is 28.5 Å². The average molecular weight is 641 g/mol. The molecule has 0 aromatic heterocycles. The van der Waals surface area contributed by atoms with Crippen LogP contribution in [0, 0.1) is 46.3 Å². The van der Waals surface area contributed by atoms with E-state index in [1.54, 1.807) is 12.5 Å². The molecule has 46 heavy (non-hydrogen) atoms. The molecule has 0 aromatic rings. The van der Waals surface area contributed by atoms with Gasteiger partial charge in [-0.05, 0) is 163 Å². The summed E-state index contributed by atoms with van der Waals surface area (Å²) in [4.78, 5) is 25.1. The zero-order valence-corrected chi connectivity index (χ0v) is 28.5. The van der Waals surface area contributed by atoms with Crippen molar-refractivity contribution >= 4 is 12.2 Å². The van der Waals surface area contributed by atoms with Crippen LogP contribution in [0.5, 0.6) is 0 Å². The number of nitrogens with one attached hydrogen (secondary N) is 2. The molecule has 6 aliphatic rings. The molecule has 0 saturated heterocycles. The molecule has 0 aliphatic heterocycles. The van der Waals surface area contributed by atoms with E-state index < -0.39 is 0 Å². The summed E-state index contributed by atoms with van der Waals surface area (Å²) in [5, 5.41) is 6.37. The fourth-order valence-electron chi connectivity index (χ4n) is 10.4. The van der Waals surface area contributed by atoms with Crippen LogP contribution >= 0.6 is 0 Å². The summed E-state index contributed by atoms with van der Waals surface area (Å²) < 4.78 is 22.5. The highest BCUT2D eigenvalue weighted by molar-refractivity contribution is 5.68. The maximum absolute atomic E-state index is 12.6. The van der Waals surface area contributed by atoms with E-state index in [4.69, 9.17) is 18.9 Å². The predicted molar refractivity (Wildman–Crippen MR) is 178 cm³/mol. The van der Waals surface area contributed by atoms with Crippen molar-refractivity contribution in [2.24, 2.45) is 46.3 Å². The smallest absolute Gasteiger partial charge is 0.407 e. The largest absolute Gasteiger partial charge is 0.501 e. The topological polar surface area (TPSA) is 95.1 Å². The fraction of sp³-hybridized carbons (Fsp3) is 0.842. The minimum absolute atomic E-state index is 0.223. The first kappa shape index (κ1) is 33.5. The van der Waals surface area contributed by atoms with Crippen LogP contribution in [0.1, 0.15) is 117 Å². The molecule has 0 aromatic carbocycles. The summed E-state index contributed by atoms with van der Waals surface area (Å²) in [5.41, 5.74) is 1.10. The summed E-state index contributed by atoms with van der Waals surface area (Å²) in [6.45, 7) is 6.63. The summed E-state index contributed by atoms with van der Waals surface area (Å²) >= 11 is 0. The molecular weight excluding hydrogens is 580 g/mol. The summed E-state index contributed by atoms with van der Waals surface area (Å²) in [7, 11) is 0. The molecule has 2 N–H and O–H groups in total. The van der Waals surface area contributed by atoms with Crippen molar-refractivity contribution in [1.29, 1.82) is 0 Å². The standard InChI is InChI=1S/C38H60N2O6/c1-3-21-43-23-27-5-9-29(10-6-27)25-45-35(41)39-31-13-17-37(18-14-31)33-34(37)38(33)19-15-32(16-20-38)40-36(42)46-26-30-11-7-28(8-12-30)24-44-22-4-2/h3-4,21-22,27-34H,5-20,23-26H2,1-2H3,(H,39,41)(H,40,42)/b21-3+,22-4+. The molecule has 0 radical (unpaired) electrons. The highest BCUT2D eigenvalue weighted by Gasteiger charge is 2.89. The Hall–Kier alpha value is -2.38. The summed E-state index contributed by atoms with van der Waals surface area (Å²) in [5.74, 6) is 3.98. The number of hydrogen-bond acceptors (Lipinski definition) is 6. The van der Waals surface area contributed by atoms with Crippen LogP contribution in [0.2, 0.25) is 0 Å². The van der Waals surface area contributed by atoms with Gasteiger partial charge < -0.3 is 29.6 Å². The Morgan fingerprint density at radius 1 is 0.543 bits per heavy atom. The molecule has 8 heteroatoms. The number of rotatable bonds is 12. The fourth-order valence-corrected chi connectivity index (χ4v) is 10.4. The molecule has 6 aliphatic carbocycles. The first-order valence-corrected chi connectivity index (χ1v) is 18.8. The maximum Gasteiger partial charge on any atom is 0.407 e. The van der Waals surface area contributed by atoms with Gasteiger partial charge >= 0.3 is 12.2 Å². The van der Waals surface area contributed by atoms with Gasteiger partial charge in [0.15, 0.2) is 0 Å². The second-order valence-electron chi connectivity index (χ2n) is 15.8. The Morgan fingerprint density at radius 3 is 1.20 bits per heavy atom. The monoisotopic (exact) mass is 640 g/mol. The molecule has 0 heterocycles. The van der Waals surface area contributed by atoms with Crippen LogP contribution < -0.4 is 10.6 Å². The maximum atomic E-state index is 12.6. The van der Waals surface area contributed by atoms with Gasteiger partial charge in [-0.2, -0.15) is 0 Å². The van der Waals surface area contributed by atoms with Gasteiger partial charge in [-0.15, -0.1) is 0 Å². The third kappa shape index (κ3) is 7.84. The molecule has 6 fully saturated rings. The number of hydrogen-bond donors (Lipinski definition) is 2. The number of amides is 2. The Labute approximate surface area is 277 Å². The van der Waals surface area contributed by atoms with Crippen LogP contribution in [-0.4, -0.2) is 50.7 Å². The number of carbonyl (C=O) groups is 2. The van der Waals surface area contributed by atoms with Crippen molar-refractivity contribution in [2.45, 2.75) is 129 Å². The first-order valence-electron chi connectivity index (χ1n) is 18.8. The number of alkyl carbamates (subject to hydrolysis) is 2. The zero-order chi connectivity index (χ0) is 32.0. The lowest BCUT2D eigenvalue weighted by molar-refractivity contribution is 0.0696. The van der Waals surface area contributed by atoms with Gasteiger partial charge in [0.2, 0.25) is 0 Å². The summed E-state index contributed by atoms with van der Waals surface area (Å²) in [6, 6.07) is 0.513. The molecule has 258 valence electrons. The van der Waals surface area contributed by atoms with Gasteiger partial charge in [0.05, 0.1) is 39.0 Å². The molecule has 2 amide bonds. The van der Waals surface area contributed by atoms with Gasteiger partial charge in [-0.3, -0.25) is 0 Å². The molecule has 2 spiro atoms. The second-order valence-corrected chi connectivity index (χ2v) is 15.8. The molecular formula is C38H60N2O6. The number of carbonyl (C=O) groups excluding carboxylic acids is 2. The SMILES string of the molecule is C/C=C/OCC1CCC(COC(=O)NC2CCC3(CC2)C2C3C23CCC(NC(=O)OCC2CCC(CO/C=C/C)CC2)CC3)CC1. The number of allylic oxidation sites excluding steroid dienone is 2. The quantitative estimate of drug-likeness (QED) is 0.209. The third-order valence-corrected chi connectivity index (χ3v) is 13.0. The van der Waals surface area contributed by atoms with E-state index in [-0.39, 0.29) is 24.3 Å². The Balaban J connectivity index is 0.800.